The Morgan fingerprint density at radius 3 is 2.24 bits per heavy atom. The van der Waals surface area contributed by atoms with Gasteiger partial charge in [-0.1, -0.05) is 54.6 Å². The molecular formula is C23H22N2. The molecule has 1 aliphatic rings. The number of hydrogen-bond acceptors (Lipinski definition) is 2. The SMILES string of the molecule is Cc1cc(Nc2ccccc2)cc2c1NC=CC2(C)c1ccccc1. The summed E-state index contributed by atoms with van der Waals surface area (Å²) >= 11 is 0. The van der Waals surface area contributed by atoms with Gasteiger partial charge in [-0.3, -0.25) is 0 Å². The molecule has 1 aliphatic heterocycles. The number of fused-ring (bicyclic) bond motifs is 1. The molecule has 0 bridgehead atoms. The van der Waals surface area contributed by atoms with Crippen LogP contribution in [0.5, 0.6) is 0 Å². The standard InChI is InChI=1S/C23H22N2/c1-17-15-20(25-19-11-7-4-8-12-19)16-21-22(17)24-14-13-23(21,2)18-9-5-3-6-10-18/h3-16,24-25H,1-2H3. The summed E-state index contributed by atoms with van der Waals surface area (Å²) in [6.45, 7) is 4.44. The molecule has 0 spiro atoms. The van der Waals surface area contributed by atoms with E-state index in [1.54, 1.807) is 0 Å². The van der Waals surface area contributed by atoms with E-state index < -0.39 is 0 Å². The first-order valence-electron chi connectivity index (χ1n) is 8.64. The molecule has 3 aromatic rings. The van der Waals surface area contributed by atoms with Gasteiger partial charge in [0.1, 0.15) is 0 Å². The maximum atomic E-state index is 3.53. The van der Waals surface area contributed by atoms with Crippen molar-refractivity contribution in [2.24, 2.45) is 0 Å². The molecule has 124 valence electrons. The van der Waals surface area contributed by atoms with Gasteiger partial charge in [-0.2, -0.15) is 0 Å². The van der Waals surface area contributed by atoms with Crippen molar-refractivity contribution in [2.45, 2.75) is 19.3 Å². The molecule has 0 amide bonds. The number of anilines is 3. The Morgan fingerprint density at radius 2 is 1.52 bits per heavy atom. The van der Waals surface area contributed by atoms with E-state index in [0.717, 1.165) is 11.4 Å². The second-order valence-corrected chi connectivity index (χ2v) is 6.75. The molecule has 0 saturated carbocycles. The first kappa shape index (κ1) is 15.5. The Hall–Kier alpha value is -3.00. The second-order valence-electron chi connectivity index (χ2n) is 6.75. The molecular weight excluding hydrogens is 304 g/mol. The van der Waals surface area contributed by atoms with E-state index >= 15 is 0 Å². The van der Waals surface area contributed by atoms with Crippen molar-refractivity contribution in [2.75, 3.05) is 10.6 Å². The van der Waals surface area contributed by atoms with Crippen LogP contribution in [0.4, 0.5) is 17.1 Å². The summed E-state index contributed by atoms with van der Waals surface area (Å²) < 4.78 is 0. The van der Waals surface area contributed by atoms with Crippen LogP contribution in [0.25, 0.3) is 0 Å². The van der Waals surface area contributed by atoms with Crippen molar-refractivity contribution >= 4 is 17.1 Å². The predicted octanol–water partition coefficient (Wildman–Crippen LogP) is 5.98. The predicted molar refractivity (Wildman–Crippen MR) is 107 cm³/mol. The highest BCUT2D eigenvalue weighted by Gasteiger charge is 2.31. The third kappa shape index (κ3) is 2.80. The summed E-state index contributed by atoms with van der Waals surface area (Å²) in [5.74, 6) is 0. The summed E-state index contributed by atoms with van der Waals surface area (Å²) in [4.78, 5) is 0. The number of para-hydroxylation sites is 1. The van der Waals surface area contributed by atoms with Crippen molar-refractivity contribution in [1.29, 1.82) is 0 Å². The minimum Gasteiger partial charge on any atom is -0.361 e. The Bertz CT molecular complexity index is 914. The van der Waals surface area contributed by atoms with Gasteiger partial charge in [0.2, 0.25) is 0 Å². The largest absolute Gasteiger partial charge is 0.361 e. The molecule has 0 radical (unpaired) electrons. The first-order valence-corrected chi connectivity index (χ1v) is 8.64. The lowest BCUT2D eigenvalue weighted by molar-refractivity contribution is 0.717. The number of hydrogen-bond donors (Lipinski definition) is 2. The van der Waals surface area contributed by atoms with Crippen molar-refractivity contribution in [3.8, 4) is 0 Å². The molecule has 4 rings (SSSR count). The van der Waals surface area contributed by atoms with Crippen molar-refractivity contribution < 1.29 is 0 Å². The first-order chi connectivity index (χ1) is 12.2. The van der Waals surface area contributed by atoms with Crippen molar-refractivity contribution in [1.82, 2.24) is 0 Å². The van der Waals surface area contributed by atoms with E-state index in [1.807, 2.05) is 18.2 Å². The maximum Gasteiger partial charge on any atom is 0.0455 e. The van der Waals surface area contributed by atoms with E-state index in [4.69, 9.17) is 0 Å². The Morgan fingerprint density at radius 1 is 0.840 bits per heavy atom. The molecule has 2 nitrogen and oxygen atoms in total. The lowest BCUT2D eigenvalue weighted by Crippen LogP contribution is -2.26. The highest BCUT2D eigenvalue weighted by Crippen LogP contribution is 2.43. The normalized spacial score (nSPS) is 18.3. The van der Waals surface area contributed by atoms with E-state index in [1.165, 1.54) is 22.4 Å². The monoisotopic (exact) mass is 326 g/mol. The summed E-state index contributed by atoms with van der Waals surface area (Å²) in [6.07, 6.45) is 4.31. The third-order valence-corrected chi connectivity index (χ3v) is 4.98. The van der Waals surface area contributed by atoms with Crippen LogP contribution in [0.1, 0.15) is 23.6 Å². The summed E-state index contributed by atoms with van der Waals surface area (Å²) in [6, 6.07) is 25.4. The molecule has 1 atom stereocenters. The second kappa shape index (κ2) is 6.14. The average molecular weight is 326 g/mol. The quantitative estimate of drug-likeness (QED) is 0.618. The third-order valence-electron chi connectivity index (χ3n) is 4.98. The number of rotatable bonds is 3. The Balaban J connectivity index is 1.82. The summed E-state index contributed by atoms with van der Waals surface area (Å²) in [7, 11) is 0. The molecule has 2 N–H and O–H groups in total. The van der Waals surface area contributed by atoms with Gasteiger partial charge in [0.05, 0.1) is 0 Å². The number of allylic oxidation sites excluding steroid dienone is 1. The van der Waals surface area contributed by atoms with Crippen LogP contribution in [0.3, 0.4) is 0 Å². The molecule has 0 aromatic heterocycles. The van der Waals surface area contributed by atoms with E-state index in [-0.39, 0.29) is 5.41 Å². The van der Waals surface area contributed by atoms with Gasteiger partial charge in [-0.25, -0.2) is 0 Å². The number of benzene rings is 3. The van der Waals surface area contributed by atoms with Crippen molar-refractivity contribution in [3.63, 3.8) is 0 Å². The minimum atomic E-state index is -0.152. The van der Waals surface area contributed by atoms with Crippen LogP contribution in [0, 0.1) is 6.92 Å². The molecule has 0 saturated heterocycles. The zero-order chi connectivity index (χ0) is 17.3. The van der Waals surface area contributed by atoms with Gasteiger partial charge >= 0.3 is 0 Å². The Kier molecular flexibility index (Phi) is 3.81. The Labute approximate surface area is 149 Å². The average Bonchev–Trinajstić information content (AvgIpc) is 2.64. The lowest BCUT2D eigenvalue weighted by Gasteiger charge is -2.34. The lowest BCUT2D eigenvalue weighted by atomic mass is 9.73. The van der Waals surface area contributed by atoms with Crippen LogP contribution in [-0.2, 0) is 5.41 Å². The van der Waals surface area contributed by atoms with Crippen molar-refractivity contribution in [3.05, 3.63) is 102 Å². The van der Waals surface area contributed by atoms with Crippen LogP contribution >= 0.6 is 0 Å². The molecule has 2 heteroatoms. The fourth-order valence-electron chi connectivity index (χ4n) is 3.57. The maximum absolute atomic E-state index is 3.53. The molecule has 1 heterocycles. The number of nitrogens with one attached hydrogen (secondary N) is 2. The zero-order valence-electron chi connectivity index (χ0n) is 14.6. The van der Waals surface area contributed by atoms with Crippen LogP contribution in [0.2, 0.25) is 0 Å². The molecule has 25 heavy (non-hydrogen) atoms. The minimum absolute atomic E-state index is 0.152. The van der Waals surface area contributed by atoms with Gasteiger partial charge in [0, 0.05) is 22.5 Å². The van der Waals surface area contributed by atoms with E-state index in [9.17, 15) is 0 Å². The molecule has 0 aliphatic carbocycles. The summed E-state index contributed by atoms with van der Waals surface area (Å²) in [5.41, 5.74) is 7.09. The van der Waals surface area contributed by atoms with Gasteiger partial charge < -0.3 is 10.6 Å². The highest BCUT2D eigenvalue weighted by atomic mass is 14.9. The van der Waals surface area contributed by atoms with Gasteiger partial charge in [0.25, 0.3) is 0 Å². The van der Waals surface area contributed by atoms with Gasteiger partial charge in [-0.05, 0) is 61.0 Å². The topological polar surface area (TPSA) is 24.1 Å². The van der Waals surface area contributed by atoms with Crippen LogP contribution < -0.4 is 10.6 Å². The van der Waals surface area contributed by atoms with Crippen LogP contribution in [0.15, 0.2) is 85.1 Å². The molecule has 3 aromatic carbocycles. The van der Waals surface area contributed by atoms with E-state index in [0.29, 0.717) is 0 Å². The fraction of sp³-hybridized carbons (Fsp3) is 0.130. The van der Waals surface area contributed by atoms with Crippen LogP contribution in [-0.4, -0.2) is 0 Å². The van der Waals surface area contributed by atoms with Gasteiger partial charge in [-0.15, -0.1) is 0 Å². The van der Waals surface area contributed by atoms with E-state index in [2.05, 4.69) is 91.4 Å². The highest BCUT2D eigenvalue weighted by molar-refractivity contribution is 5.74. The zero-order valence-corrected chi connectivity index (χ0v) is 14.6. The van der Waals surface area contributed by atoms with Gasteiger partial charge in [0.15, 0.2) is 0 Å². The summed E-state index contributed by atoms with van der Waals surface area (Å²) in [5, 5.41) is 6.97. The number of aryl methyl sites for hydroxylation is 1. The smallest absolute Gasteiger partial charge is 0.0455 e. The molecule has 1 unspecified atom stereocenters. The molecule has 0 fully saturated rings. The fourth-order valence-corrected chi connectivity index (χ4v) is 3.57.